The summed E-state index contributed by atoms with van der Waals surface area (Å²) < 4.78 is 11.6. The van der Waals surface area contributed by atoms with Crippen molar-refractivity contribution in [2.75, 3.05) is 0 Å². The maximum atomic E-state index is 6.92. The lowest BCUT2D eigenvalue weighted by molar-refractivity contribution is 0.666. The van der Waals surface area contributed by atoms with Gasteiger partial charge >= 0.3 is 0 Å². The van der Waals surface area contributed by atoms with Crippen LogP contribution in [0.25, 0.3) is 111 Å². The van der Waals surface area contributed by atoms with E-state index in [-0.39, 0.29) is 0 Å². The molecular weight excluding hydrogens is 699 g/mol. The third kappa shape index (κ3) is 4.81. The summed E-state index contributed by atoms with van der Waals surface area (Å²) in [6, 6.07) is 65.4. The number of furan rings is 1. The van der Waals surface area contributed by atoms with Crippen LogP contribution in [0.4, 0.5) is 0 Å². The molecule has 0 aliphatic rings. The molecule has 57 heavy (non-hydrogen) atoms. The average Bonchev–Trinajstić information content (AvgIpc) is 3.94. The fourth-order valence-electron chi connectivity index (χ4n) is 8.67. The first-order valence-corrected chi connectivity index (χ1v) is 19.1. The topological polar surface area (TPSA) is 61.7 Å². The van der Waals surface area contributed by atoms with E-state index >= 15 is 0 Å². The Labute approximate surface area is 326 Å². The number of benzene rings is 8. The maximum Gasteiger partial charge on any atom is 0.164 e. The summed E-state index contributed by atoms with van der Waals surface area (Å²) in [4.78, 5) is 15.1. The van der Waals surface area contributed by atoms with Crippen LogP contribution in [0.2, 0.25) is 0 Å². The number of aromatic nitrogens is 5. The Kier molecular flexibility index (Phi) is 6.83. The summed E-state index contributed by atoms with van der Waals surface area (Å²) in [7, 11) is 0. The molecule has 12 aromatic rings. The Hall–Kier alpha value is -7.83. The number of hydrogen-bond acceptors (Lipinski definition) is 4. The molecule has 0 fully saturated rings. The molecule has 0 bridgehead atoms. The third-order valence-corrected chi connectivity index (χ3v) is 11.2. The van der Waals surface area contributed by atoms with Crippen LogP contribution in [0.1, 0.15) is 0 Å². The summed E-state index contributed by atoms with van der Waals surface area (Å²) in [6.07, 6.45) is 0. The predicted molar refractivity (Wildman–Crippen MR) is 232 cm³/mol. The van der Waals surface area contributed by atoms with Gasteiger partial charge in [-0.15, -0.1) is 0 Å². The van der Waals surface area contributed by atoms with Gasteiger partial charge in [0.05, 0.1) is 27.8 Å². The van der Waals surface area contributed by atoms with Crippen molar-refractivity contribution in [2.24, 2.45) is 0 Å². The van der Waals surface area contributed by atoms with Crippen molar-refractivity contribution < 1.29 is 4.42 Å². The minimum atomic E-state index is 0.615. The van der Waals surface area contributed by atoms with Crippen LogP contribution in [-0.4, -0.2) is 24.1 Å². The molecule has 6 nitrogen and oxygen atoms in total. The van der Waals surface area contributed by atoms with Crippen LogP contribution >= 0.6 is 0 Å². The molecule has 0 spiro atoms. The fraction of sp³-hybridized carbons (Fsp3) is 0. The van der Waals surface area contributed by atoms with Gasteiger partial charge in [0.2, 0.25) is 0 Å². The van der Waals surface area contributed by atoms with Crippen LogP contribution in [0.5, 0.6) is 0 Å². The van der Waals surface area contributed by atoms with Gasteiger partial charge in [0, 0.05) is 54.7 Å². The quantitative estimate of drug-likeness (QED) is 0.177. The van der Waals surface area contributed by atoms with Gasteiger partial charge in [-0.25, -0.2) is 15.0 Å². The van der Waals surface area contributed by atoms with Crippen LogP contribution in [-0.2, 0) is 0 Å². The summed E-state index contributed by atoms with van der Waals surface area (Å²) in [5, 5.41) is 6.86. The molecular formula is C51H31N5O. The second-order valence-electron chi connectivity index (χ2n) is 14.4. The number of para-hydroxylation sites is 4. The first kappa shape index (κ1) is 31.5. The molecule has 0 unspecified atom stereocenters. The van der Waals surface area contributed by atoms with Crippen molar-refractivity contribution in [1.82, 2.24) is 24.1 Å². The largest absolute Gasteiger partial charge is 0.454 e. The molecule has 0 saturated heterocycles. The summed E-state index contributed by atoms with van der Waals surface area (Å²) in [5.74, 6) is 1.88. The number of nitrogens with zero attached hydrogens (tertiary/aromatic N) is 5. The molecule has 8 aromatic carbocycles. The van der Waals surface area contributed by atoms with Crippen molar-refractivity contribution >= 4 is 65.6 Å². The van der Waals surface area contributed by atoms with E-state index in [0.717, 1.165) is 82.8 Å². The second kappa shape index (κ2) is 12.3. The number of fused-ring (bicyclic) bond motifs is 10. The van der Waals surface area contributed by atoms with Crippen LogP contribution < -0.4 is 0 Å². The van der Waals surface area contributed by atoms with E-state index in [4.69, 9.17) is 19.4 Å². The van der Waals surface area contributed by atoms with E-state index in [1.54, 1.807) is 0 Å². The number of rotatable bonds is 5. The molecule has 0 amide bonds. The Bertz CT molecular complexity index is 3400. The minimum Gasteiger partial charge on any atom is -0.454 e. The molecule has 6 heteroatoms. The number of hydrogen-bond donors (Lipinski definition) is 0. The molecule has 0 aliphatic carbocycles. The normalized spacial score (nSPS) is 11.9. The standard InChI is InChI=1S/C51H31N5O/c1-4-15-32(16-5-1)49-52-50(33-17-6-2-7-18-33)54-51(53-49)34-27-28-38-44(31-34)55(35-19-8-3-9-20-35)42-29-30-45-47(46(38)42)39-23-14-26-43(48(39)57-45)56-40-24-12-10-21-36(40)37-22-11-13-25-41(37)56/h1-31H. The zero-order chi connectivity index (χ0) is 37.5. The molecule has 0 N–H and O–H groups in total. The van der Waals surface area contributed by atoms with Crippen molar-refractivity contribution in [3.05, 3.63) is 188 Å². The fourth-order valence-corrected chi connectivity index (χ4v) is 8.67. The second-order valence-corrected chi connectivity index (χ2v) is 14.4. The van der Waals surface area contributed by atoms with Gasteiger partial charge in [0.1, 0.15) is 5.58 Å². The highest BCUT2D eigenvalue weighted by Crippen LogP contribution is 2.44. The predicted octanol–water partition coefficient (Wildman–Crippen LogP) is 13.0. The van der Waals surface area contributed by atoms with E-state index in [0.29, 0.717) is 17.5 Å². The molecule has 0 radical (unpaired) electrons. The van der Waals surface area contributed by atoms with Crippen molar-refractivity contribution in [3.8, 4) is 45.5 Å². The van der Waals surface area contributed by atoms with Crippen molar-refractivity contribution in [2.45, 2.75) is 0 Å². The monoisotopic (exact) mass is 729 g/mol. The molecule has 0 aliphatic heterocycles. The first-order chi connectivity index (χ1) is 28.3. The van der Waals surface area contributed by atoms with Gasteiger partial charge in [0.25, 0.3) is 0 Å². The Morgan fingerprint density at radius 2 is 0.912 bits per heavy atom. The smallest absolute Gasteiger partial charge is 0.164 e. The van der Waals surface area contributed by atoms with E-state index in [2.05, 4.69) is 137 Å². The summed E-state index contributed by atoms with van der Waals surface area (Å²) in [5.41, 5.74) is 11.0. The lowest BCUT2D eigenvalue weighted by Gasteiger charge is -2.10. The van der Waals surface area contributed by atoms with E-state index in [1.165, 1.54) is 10.8 Å². The summed E-state index contributed by atoms with van der Waals surface area (Å²) >= 11 is 0. The van der Waals surface area contributed by atoms with E-state index < -0.39 is 0 Å². The van der Waals surface area contributed by atoms with Crippen LogP contribution in [0.15, 0.2) is 192 Å². The molecule has 266 valence electrons. The lowest BCUT2D eigenvalue weighted by atomic mass is 10.0. The van der Waals surface area contributed by atoms with E-state index in [1.807, 2.05) is 60.7 Å². The van der Waals surface area contributed by atoms with Crippen molar-refractivity contribution in [3.63, 3.8) is 0 Å². The maximum absolute atomic E-state index is 6.92. The molecule has 4 aromatic heterocycles. The molecule has 12 rings (SSSR count). The van der Waals surface area contributed by atoms with Crippen LogP contribution in [0, 0.1) is 0 Å². The Balaban J connectivity index is 1.13. The Morgan fingerprint density at radius 3 is 1.56 bits per heavy atom. The third-order valence-electron chi connectivity index (χ3n) is 11.2. The van der Waals surface area contributed by atoms with Crippen molar-refractivity contribution in [1.29, 1.82) is 0 Å². The highest BCUT2D eigenvalue weighted by molar-refractivity contribution is 6.28. The summed E-state index contributed by atoms with van der Waals surface area (Å²) in [6.45, 7) is 0. The van der Waals surface area contributed by atoms with Gasteiger partial charge in [-0.05, 0) is 48.5 Å². The van der Waals surface area contributed by atoms with Gasteiger partial charge in [-0.3, -0.25) is 0 Å². The SMILES string of the molecule is c1ccc(-c2nc(-c3ccccc3)nc(-c3ccc4c5c6c(ccc5n(-c5ccccc5)c4c3)oc3c(-n4c5ccccc5c5ccccc54)cccc36)n2)cc1. The van der Waals surface area contributed by atoms with Gasteiger partial charge in [-0.2, -0.15) is 0 Å². The van der Waals surface area contributed by atoms with E-state index in [9.17, 15) is 0 Å². The first-order valence-electron chi connectivity index (χ1n) is 19.1. The zero-order valence-electron chi connectivity index (χ0n) is 30.5. The highest BCUT2D eigenvalue weighted by atomic mass is 16.3. The lowest BCUT2D eigenvalue weighted by Crippen LogP contribution is -2.00. The molecule has 0 atom stereocenters. The van der Waals surface area contributed by atoms with Gasteiger partial charge < -0.3 is 13.6 Å². The van der Waals surface area contributed by atoms with Gasteiger partial charge in [0.15, 0.2) is 23.1 Å². The minimum absolute atomic E-state index is 0.615. The molecule has 0 saturated carbocycles. The Morgan fingerprint density at radius 1 is 0.351 bits per heavy atom. The average molecular weight is 730 g/mol. The molecule has 4 heterocycles. The van der Waals surface area contributed by atoms with Gasteiger partial charge in [-0.1, -0.05) is 140 Å². The van der Waals surface area contributed by atoms with Crippen LogP contribution in [0.3, 0.4) is 0 Å². The highest BCUT2D eigenvalue weighted by Gasteiger charge is 2.23. The zero-order valence-corrected chi connectivity index (χ0v) is 30.5.